The Hall–Kier alpha value is -0.940. The van der Waals surface area contributed by atoms with Crippen molar-refractivity contribution < 1.29 is 17.9 Å². The van der Waals surface area contributed by atoms with Gasteiger partial charge < -0.3 is 9.47 Å². The highest BCUT2D eigenvalue weighted by molar-refractivity contribution is 8.13. The molecule has 0 fully saturated rings. The number of hydrogen-bond donors (Lipinski definition) is 0. The second-order valence-electron chi connectivity index (χ2n) is 3.77. The molecule has 1 aromatic rings. The van der Waals surface area contributed by atoms with Crippen LogP contribution in [0.2, 0.25) is 0 Å². The molecule has 0 saturated carbocycles. The van der Waals surface area contributed by atoms with Crippen molar-refractivity contribution in [2.75, 3.05) is 19.5 Å². The maximum absolute atomic E-state index is 10.9. The minimum absolute atomic E-state index is 0.107. The van der Waals surface area contributed by atoms with Crippen LogP contribution in [-0.4, -0.2) is 27.9 Å². The van der Waals surface area contributed by atoms with Crippen molar-refractivity contribution in [1.29, 1.82) is 0 Å². The summed E-state index contributed by atoms with van der Waals surface area (Å²) in [6.45, 7) is 2.03. The van der Waals surface area contributed by atoms with Crippen molar-refractivity contribution >= 4 is 19.7 Å². The van der Waals surface area contributed by atoms with Crippen molar-refractivity contribution in [2.24, 2.45) is 5.92 Å². The molecule has 0 aliphatic rings. The lowest BCUT2D eigenvalue weighted by atomic mass is 10.2. The molecule has 0 bridgehead atoms. The summed E-state index contributed by atoms with van der Waals surface area (Å²) in [5, 5.41) is 0. The number of hydrogen-bond acceptors (Lipinski definition) is 4. The van der Waals surface area contributed by atoms with Gasteiger partial charge in [-0.1, -0.05) is 19.1 Å². The summed E-state index contributed by atoms with van der Waals surface area (Å²) in [6, 6.07) is 7.19. The molecule has 4 nitrogen and oxygen atoms in total. The molecule has 0 aliphatic carbocycles. The Morgan fingerprint density at radius 2 is 1.88 bits per heavy atom. The molecule has 0 heterocycles. The predicted octanol–water partition coefficient (Wildman–Crippen LogP) is 2.28. The van der Waals surface area contributed by atoms with E-state index in [1.807, 2.05) is 12.1 Å². The lowest BCUT2D eigenvalue weighted by molar-refractivity contribution is 0.258. The molecule has 6 heteroatoms. The summed E-state index contributed by atoms with van der Waals surface area (Å²) in [6.07, 6.45) is 0. The van der Waals surface area contributed by atoms with Gasteiger partial charge in [0.15, 0.2) is 11.5 Å². The molecule has 0 amide bonds. The Morgan fingerprint density at radius 3 is 2.41 bits per heavy atom. The van der Waals surface area contributed by atoms with Gasteiger partial charge in [0.2, 0.25) is 9.05 Å². The van der Waals surface area contributed by atoms with Crippen molar-refractivity contribution in [3.63, 3.8) is 0 Å². The van der Waals surface area contributed by atoms with Crippen molar-refractivity contribution in [1.82, 2.24) is 0 Å². The Balaban J connectivity index is 2.55. The first-order valence-electron chi connectivity index (χ1n) is 5.10. The fourth-order valence-electron chi connectivity index (χ4n) is 1.36. The topological polar surface area (TPSA) is 52.6 Å². The molecule has 17 heavy (non-hydrogen) atoms. The minimum Gasteiger partial charge on any atom is -0.493 e. The van der Waals surface area contributed by atoms with Crippen LogP contribution in [0.25, 0.3) is 0 Å². The fourth-order valence-corrected chi connectivity index (χ4v) is 2.78. The fraction of sp³-hybridized carbons (Fsp3) is 0.455. The normalized spacial score (nSPS) is 13.1. The van der Waals surface area contributed by atoms with Gasteiger partial charge in [-0.05, 0) is 12.1 Å². The van der Waals surface area contributed by atoms with E-state index >= 15 is 0 Å². The smallest absolute Gasteiger partial charge is 0.232 e. The lowest BCUT2D eigenvalue weighted by Gasteiger charge is -2.13. The third kappa shape index (κ3) is 5.28. The molecule has 1 rings (SSSR count). The highest BCUT2D eigenvalue weighted by Crippen LogP contribution is 2.26. The molecule has 0 spiro atoms. The van der Waals surface area contributed by atoms with Crippen LogP contribution in [0.1, 0.15) is 6.92 Å². The Morgan fingerprint density at radius 1 is 1.29 bits per heavy atom. The van der Waals surface area contributed by atoms with Gasteiger partial charge in [-0.2, -0.15) is 0 Å². The number of methoxy groups -OCH3 is 1. The number of rotatable bonds is 6. The molecule has 96 valence electrons. The molecule has 0 radical (unpaired) electrons. The van der Waals surface area contributed by atoms with Gasteiger partial charge in [0.05, 0.1) is 19.5 Å². The zero-order valence-electron chi connectivity index (χ0n) is 9.72. The SMILES string of the molecule is COc1ccccc1OCC(C)CS(=O)(=O)Cl. The maximum Gasteiger partial charge on any atom is 0.232 e. The highest BCUT2D eigenvalue weighted by Gasteiger charge is 2.14. The van der Waals surface area contributed by atoms with Gasteiger partial charge in [0, 0.05) is 16.6 Å². The molecular formula is C11H15ClO4S. The summed E-state index contributed by atoms with van der Waals surface area (Å²) < 4.78 is 32.3. The van der Waals surface area contributed by atoms with E-state index in [4.69, 9.17) is 20.2 Å². The average molecular weight is 279 g/mol. The second kappa shape index (κ2) is 6.12. The number of ether oxygens (including phenoxy) is 2. The number of benzene rings is 1. The third-order valence-corrected chi connectivity index (χ3v) is 3.42. The predicted molar refractivity (Wildman–Crippen MR) is 67.3 cm³/mol. The van der Waals surface area contributed by atoms with Gasteiger partial charge in [0.25, 0.3) is 0 Å². The van der Waals surface area contributed by atoms with Gasteiger partial charge in [-0.15, -0.1) is 0 Å². The zero-order valence-corrected chi connectivity index (χ0v) is 11.3. The van der Waals surface area contributed by atoms with E-state index in [9.17, 15) is 8.42 Å². The van der Waals surface area contributed by atoms with Crippen LogP contribution in [0.15, 0.2) is 24.3 Å². The molecule has 1 unspecified atom stereocenters. The summed E-state index contributed by atoms with van der Waals surface area (Å²) in [5.41, 5.74) is 0. The van der Waals surface area contributed by atoms with E-state index in [1.54, 1.807) is 26.2 Å². The standard InChI is InChI=1S/C11H15ClO4S/c1-9(8-17(12,13)14)7-16-11-6-4-3-5-10(11)15-2/h3-6,9H,7-8H2,1-2H3. The third-order valence-electron chi connectivity index (χ3n) is 2.08. The van der Waals surface area contributed by atoms with Crippen LogP contribution < -0.4 is 9.47 Å². The van der Waals surface area contributed by atoms with Crippen LogP contribution in [0.5, 0.6) is 11.5 Å². The second-order valence-corrected chi connectivity index (χ2v) is 6.59. The lowest BCUT2D eigenvalue weighted by Crippen LogP contribution is -2.16. The molecule has 0 aliphatic heterocycles. The van der Waals surface area contributed by atoms with Gasteiger partial charge in [0.1, 0.15) is 0 Å². The molecule has 0 N–H and O–H groups in total. The summed E-state index contributed by atoms with van der Waals surface area (Å²) >= 11 is 0. The monoisotopic (exact) mass is 278 g/mol. The Bertz CT molecular complexity index is 458. The van der Waals surface area contributed by atoms with Crippen LogP contribution in [0.4, 0.5) is 0 Å². The molecule has 1 aromatic carbocycles. The van der Waals surface area contributed by atoms with Crippen LogP contribution in [-0.2, 0) is 9.05 Å². The molecule has 0 aromatic heterocycles. The Kier molecular flexibility index (Phi) is 5.08. The number of halogens is 1. The van der Waals surface area contributed by atoms with E-state index < -0.39 is 9.05 Å². The van der Waals surface area contributed by atoms with Crippen molar-refractivity contribution in [2.45, 2.75) is 6.92 Å². The molecular weight excluding hydrogens is 264 g/mol. The van der Waals surface area contributed by atoms with E-state index in [-0.39, 0.29) is 18.3 Å². The average Bonchev–Trinajstić information content (AvgIpc) is 2.24. The quantitative estimate of drug-likeness (QED) is 0.749. The van der Waals surface area contributed by atoms with Crippen molar-refractivity contribution in [3.05, 3.63) is 24.3 Å². The van der Waals surface area contributed by atoms with E-state index in [0.29, 0.717) is 11.5 Å². The molecule has 0 saturated heterocycles. The first-order chi connectivity index (χ1) is 7.92. The van der Waals surface area contributed by atoms with E-state index in [1.165, 1.54) is 0 Å². The van der Waals surface area contributed by atoms with E-state index in [0.717, 1.165) is 0 Å². The summed E-state index contributed by atoms with van der Waals surface area (Å²) in [5.74, 6) is 0.925. The summed E-state index contributed by atoms with van der Waals surface area (Å²) in [7, 11) is 3.23. The Labute approximate surface area is 106 Å². The molecule has 1 atom stereocenters. The van der Waals surface area contributed by atoms with Crippen LogP contribution >= 0.6 is 10.7 Å². The van der Waals surface area contributed by atoms with Crippen LogP contribution in [0, 0.1) is 5.92 Å². The number of para-hydroxylation sites is 2. The summed E-state index contributed by atoms with van der Waals surface area (Å²) in [4.78, 5) is 0. The maximum atomic E-state index is 10.9. The first-order valence-corrected chi connectivity index (χ1v) is 7.58. The van der Waals surface area contributed by atoms with Gasteiger partial charge in [-0.25, -0.2) is 8.42 Å². The van der Waals surface area contributed by atoms with Gasteiger partial charge >= 0.3 is 0 Å². The van der Waals surface area contributed by atoms with E-state index in [2.05, 4.69) is 0 Å². The van der Waals surface area contributed by atoms with Gasteiger partial charge in [-0.3, -0.25) is 0 Å². The van der Waals surface area contributed by atoms with Crippen molar-refractivity contribution in [3.8, 4) is 11.5 Å². The minimum atomic E-state index is -3.48. The highest BCUT2D eigenvalue weighted by atomic mass is 35.7. The largest absolute Gasteiger partial charge is 0.493 e. The van der Waals surface area contributed by atoms with Crippen LogP contribution in [0.3, 0.4) is 0 Å². The first kappa shape index (κ1) is 14.1. The zero-order chi connectivity index (χ0) is 12.9.